The zero-order valence-electron chi connectivity index (χ0n) is 22.1. The molecule has 4 aromatic rings. The van der Waals surface area contributed by atoms with E-state index in [2.05, 4.69) is 81.4 Å². The van der Waals surface area contributed by atoms with Crippen molar-refractivity contribution in [3.05, 3.63) is 80.9 Å². The summed E-state index contributed by atoms with van der Waals surface area (Å²) in [7, 11) is 1.66. The van der Waals surface area contributed by atoms with Crippen LogP contribution in [0.4, 0.5) is 5.69 Å². The number of rotatable bonds is 8. The van der Waals surface area contributed by atoms with Crippen LogP contribution in [0.1, 0.15) is 41.0 Å². The third kappa shape index (κ3) is 5.14. The molecule has 1 saturated heterocycles. The summed E-state index contributed by atoms with van der Waals surface area (Å²) in [6.45, 7) is 10.7. The summed E-state index contributed by atoms with van der Waals surface area (Å²) < 4.78 is 7.05. The minimum atomic E-state index is -0.369. The number of methoxy groups -OCH3 is 1. The molecule has 0 aliphatic carbocycles. The highest BCUT2D eigenvalue weighted by Crippen LogP contribution is 2.30. The van der Waals surface area contributed by atoms with Gasteiger partial charge in [0.05, 0.1) is 13.2 Å². The molecule has 0 saturated carbocycles. The van der Waals surface area contributed by atoms with E-state index in [9.17, 15) is 4.79 Å². The number of pyridine rings is 1. The van der Waals surface area contributed by atoms with Gasteiger partial charge in [-0.2, -0.15) is 0 Å². The van der Waals surface area contributed by atoms with Crippen LogP contribution in [0.2, 0.25) is 0 Å². The number of aryl methyl sites for hydroxylation is 3. The van der Waals surface area contributed by atoms with Crippen LogP contribution in [0.25, 0.3) is 10.9 Å². The maximum atomic E-state index is 13.5. The number of tetrazole rings is 1. The molecule has 1 aliphatic heterocycles. The van der Waals surface area contributed by atoms with Gasteiger partial charge < -0.3 is 14.6 Å². The lowest BCUT2D eigenvalue weighted by Crippen LogP contribution is -2.49. The summed E-state index contributed by atoms with van der Waals surface area (Å²) >= 11 is 0. The first-order chi connectivity index (χ1) is 18.0. The molecule has 0 radical (unpaired) electrons. The van der Waals surface area contributed by atoms with Crippen molar-refractivity contribution in [3.8, 4) is 0 Å². The number of H-pyrrole nitrogens is 1. The number of hydrogen-bond donors (Lipinski definition) is 1. The van der Waals surface area contributed by atoms with E-state index in [0.717, 1.165) is 43.5 Å². The van der Waals surface area contributed by atoms with Crippen LogP contribution in [0, 0.1) is 13.8 Å². The molecule has 1 aliphatic rings. The Labute approximate surface area is 217 Å². The van der Waals surface area contributed by atoms with E-state index < -0.39 is 0 Å². The van der Waals surface area contributed by atoms with Crippen LogP contribution in [0.15, 0.2) is 47.3 Å². The van der Waals surface area contributed by atoms with E-state index in [1.165, 1.54) is 22.4 Å². The number of ether oxygens (including phenoxy) is 1. The summed E-state index contributed by atoms with van der Waals surface area (Å²) in [6.07, 6.45) is 0.934. The summed E-state index contributed by atoms with van der Waals surface area (Å²) in [5, 5.41) is 13.6. The highest BCUT2D eigenvalue weighted by Gasteiger charge is 2.33. The predicted molar refractivity (Wildman–Crippen MR) is 145 cm³/mol. The van der Waals surface area contributed by atoms with Crippen molar-refractivity contribution < 1.29 is 4.74 Å². The minimum absolute atomic E-state index is 0.111. The fourth-order valence-electron chi connectivity index (χ4n) is 5.22. The molecule has 0 spiro atoms. The summed E-state index contributed by atoms with van der Waals surface area (Å²) in [6, 6.07) is 14.4. The smallest absolute Gasteiger partial charge is 0.253 e. The fraction of sp³-hybridized carbons (Fsp3) is 0.429. The average molecular weight is 502 g/mol. The number of aromatic amines is 1. The topological polar surface area (TPSA) is 92.2 Å². The van der Waals surface area contributed by atoms with Gasteiger partial charge in [-0.25, -0.2) is 4.68 Å². The minimum Gasteiger partial charge on any atom is -0.383 e. The van der Waals surface area contributed by atoms with E-state index in [4.69, 9.17) is 4.74 Å². The second-order valence-corrected chi connectivity index (χ2v) is 9.80. The second-order valence-electron chi connectivity index (χ2n) is 9.80. The van der Waals surface area contributed by atoms with Gasteiger partial charge in [-0.3, -0.25) is 9.69 Å². The molecule has 0 bridgehead atoms. The second kappa shape index (κ2) is 10.8. The Balaban J connectivity index is 1.53. The van der Waals surface area contributed by atoms with Crippen LogP contribution < -0.4 is 10.5 Å². The monoisotopic (exact) mass is 501 g/mol. The summed E-state index contributed by atoms with van der Waals surface area (Å²) in [4.78, 5) is 21.3. The van der Waals surface area contributed by atoms with Gasteiger partial charge >= 0.3 is 0 Å². The number of anilines is 1. The van der Waals surface area contributed by atoms with Crippen molar-refractivity contribution in [2.75, 3.05) is 44.8 Å². The van der Waals surface area contributed by atoms with Gasteiger partial charge in [0.15, 0.2) is 5.82 Å². The number of hydrogen-bond acceptors (Lipinski definition) is 7. The van der Waals surface area contributed by atoms with Gasteiger partial charge in [0.2, 0.25) is 0 Å². The lowest BCUT2D eigenvalue weighted by atomic mass is 10.0. The van der Waals surface area contributed by atoms with E-state index in [1.807, 2.05) is 12.1 Å². The van der Waals surface area contributed by atoms with Crippen LogP contribution >= 0.6 is 0 Å². The Bertz CT molecular complexity index is 1440. The van der Waals surface area contributed by atoms with Gasteiger partial charge in [0, 0.05) is 50.1 Å². The molecule has 5 rings (SSSR count). The van der Waals surface area contributed by atoms with Crippen molar-refractivity contribution in [2.45, 2.75) is 39.8 Å². The van der Waals surface area contributed by atoms with Crippen molar-refractivity contribution in [1.82, 2.24) is 30.1 Å². The summed E-state index contributed by atoms with van der Waals surface area (Å²) in [5.74, 6) is 0.661. The molecule has 1 unspecified atom stereocenters. The lowest BCUT2D eigenvalue weighted by molar-refractivity contribution is 0.171. The number of nitrogens with one attached hydrogen (secondary N) is 1. The standard InChI is InChI=1S/C28H35N7O2/c1-5-21-8-9-24-22(17-21)18-23(28(36)29-24)26(27-30-31-32-35(27)14-15-37-4)34-12-10-33(11-13-34)25-16-19(2)6-7-20(25)3/h6-9,16-18,26H,5,10-15H2,1-4H3,(H,29,36). The molecule has 2 aromatic carbocycles. The van der Waals surface area contributed by atoms with E-state index >= 15 is 0 Å². The first-order valence-electron chi connectivity index (χ1n) is 13.0. The van der Waals surface area contributed by atoms with Crippen molar-refractivity contribution in [2.24, 2.45) is 0 Å². The predicted octanol–water partition coefficient (Wildman–Crippen LogP) is 3.25. The molecule has 1 fully saturated rings. The zero-order valence-corrected chi connectivity index (χ0v) is 22.1. The van der Waals surface area contributed by atoms with Crippen LogP contribution in [0.5, 0.6) is 0 Å². The Hall–Kier alpha value is -3.56. The molecule has 9 heteroatoms. The zero-order chi connectivity index (χ0) is 25.9. The molecule has 1 atom stereocenters. The SMILES string of the molecule is CCc1ccc2[nH]c(=O)c(C(c3nnnn3CCOC)N3CCN(c4cc(C)ccc4C)CC3)cc2c1. The van der Waals surface area contributed by atoms with E-state index in [-0.39, 0.29) is 11.6 Å². The first kappa shape index (κ1) is 25.1. The van der Waals surface area contributed by atoms with E-state index in [1.54, 1.807) is 11.8 Å². The van der Waals surface area contributed by atoms with Crippen molar-refractivity contribution in [3.63, 3.8) is 0 Å². The third-order valence-electron chi connectivity index (χ3n) is 7.34. The number of fused-ring (bicyclic) bond motifs is 1. The summed E-state index contributed by atoms with van der Waals surface area (Å²) in [5.41, 5.74) is 6.42. The Kier molecular flexibility index (Phi) is 7.34. The molecule has 2 aromatic heterocycles. The molecule has 194 valence electrons. The number of aromatic nitrogens is 5. The lowest BCUT2D eigenvalue weighted by Gasteiger charge is -2.40. The molecular weight excluding hydrogens is 466 g/mol. The molecular formula is C28H35N7O2. The van der Waals surface area contributed by atoms with Crippen molar-refractivity contribution >= 4 is 16.6 Å². The molecule has 9 nitrogen and oxygen atoms in total. The van der Waals surface area contributed by atoms with E-state index in [0.29, 0.717) is 24.5 Å². The quantitative estimate of drug-likeness (QED) is 0.396. The maximum absolute atomic E-state index is 13.5. The number of benzene rings is 2. The van der Waals surface area contributed by atoms with Crippen LogP contribution in [-0.4, -0.2) is 70.0 Å². The maximum Gasteiger partial charge on any atom is 0.253 e. The van der Waals surface area contributed by atoms with Gasteiger partial charge in [-0.05, 0) is 77.0 Å². The highest BCUT2D eigenvalue weighted by molar-refractivity contribution is 5.80. The highest BCUT2D eigenvalue weighted by atomic mass is 16.5. The third-order valence-corrected chi connectivity index (χ3v) is 7.34. The Morgan fingerprint density at radius 3 is 2.62 bits per heavy atom. The first-order valence-corrected chi connectivity index (χ1v) is 13.0. The molecule has 37 heavy (non-hydrogen) atoms. The Morgan fingerprint density at radius 2 is 1.86 bits per heavy atom. The normalized spacial score (nSPS) is 15.4. The fourth-order valence-corrected chi connectivity index (χ4v) is 5.22. The van der Waals surface area contributed by atoms with Gasteiger partial charge in [0.1, 0.15) is 6.04 Å². The van der Waals surface area contributed by atoms with Crippen molar-refractivity contribution in [1.29, 1.82) is 0 Å². The number of piperazine rings is 1. The molecule has 0 amide bonds. The largest absolute Gasteiger partial charge is 0.383 e. The van der Waals surface area contributed by atoms with Gasteiger partial charge in [-0.1, -0.05) is 25.1 Å². The van der Waals surface area contributed by atoms with Crippen LogP contribution in [-0.2, 0) is 17.7 Å². The molecule has 3 heterocycles. The van der Waals surface area contributed by atoms with Gasteiger partial charge in [0.25, 0.3) is 5.56 Å². The number of nitrogens with zero attached hydrogens (tertiary/aromatic N) is 6. The Morgan fingerprint density at radius 1 is 1.05 bits per heavy atom. The van der Waals surface area contributed by atoms with Crippen LogP contribution in [0.3, 0.4) is 0 Å². The van der Waals surface area contributed by atoms with Gasteiger partial charge in [-0.15, -0.1) is 5.10 Å². The average Bonchev–Trinajstić information content (AvgIpc) is 3.37. The molecule has 1 N–H and O–H groups in total.